The molecule has 2 aliphatic rings. The monoisotopic (exact) mass is 490 g/mol. The molecule has 3 aromatic rings. The van der Waals surface area contributed by atoms with E-state index in [4.69, 9.17) is 0 Å². The molecular weight excluding hydrogens is 465 g/mol. The maximum atomic E-state index is 13.9. The van der Waals surface area contributed by atoms with Gasteiger partial charge >= 0.3 is 6.18 Å². The summed E-state index contributed by atoms with van der Waals surface area (Å²) < 4.78 is 42.4. The number of nitrogens with zero attached hydrogens (tertiary/aromatic N) is 3. The van der Waals surface area contributed by atoms with E-state index in [1.807, 2.05) is 12.1 Å². The number of para-hydroxylation sites is 1. The largest absolute Gasteiger partial charge is 0.434 e. The first-order valence-electron chi connectivity index (χ1n) is 11.3. The number of alkyl halides is 3. The van der Waals surface area contributed by atoms with Gasteiger partial charge < -0.3 is 5.32 Å². The van der Waals surface area contributed by atoms with Gasteiger partial charge in [-0.1, -0.05) is 30.7 Å². The van der Waals surface area contributed by atoms with Gasteiger partial charge in [-0.3, -0.25) is 9.69 Å². The normalized spacial score (nSPS) is 16.7. The van der Waals surface area contributed by atoms with Crippen molar-refractivity contribution in [2.45, 2.75) is 44.3 Å². The zero-order chi connectivity index (χ0) is 23.0. The fourth-order valence-corrected chi connectivity index (χ4v) is 4.69. The molecule has 1 amide bonds. The molecule has 0 bridgehead atoms. The summed E-state index contributed by atoms with van der Waals surface area (Å²) in [5.41, 5.74) is 1.53. The molecule has 1 aromatic heterocycles. The zero-order valence-electron chi connectivity index (χ0n) is 18.5. The predicted octanol–water partition coefficient (Wildman–Crippen LogP) is 5.52. The molecule has 0 saturated heterocycles. The number of aromatic nitrogens is 2. The van der Waals surface area contributed by atoms with Crippen molar-refractivity contribution in [3.8, 4) is 5.69 Å². The molecule has 2 aromatic carbocycles. The van der Waals surface area contributed by atoms with E-state index in [2.05, 4.69) is 15.3 Å². The molecule has 1 saturated carbocycles. The van der Waals surface area contributed by atoms with E-state index in [0.717, 1.165) is 42.4 Å². The average Bonchev–Trinajstić information content (AvgIpc) is 3.12. The number of hydrogen-bond donors (Lipinski definition) is 1. The maximum Gasteiger partial charge on any atom is 0.434 e. The minimum absolute atomic E-state index is 0. The summed E-state index contributed by atoms with van der Waals surface area (Å²) in [6, 6.07) is 14.3. The van der Waals surface area contributed by atoms with Crippen LogP contribution in [0.3, 0.4) is 0 Å². The van der Waals surface area contributed by atoms with Crippen molar-refractivity contribution in [3.63, 3.8) is 0 Å². The maximum absolute atomic E-state index is 13.9. The first-order valence-corrected chi connectivity index (χ1v) is 11.3. The molecular formula is C25H26ClF3N4O. The number of rotatable bonds is 4. The second kappa shape index (κ2) is 9.80. The minimum Gasteiger partial charge on any atom is -0.322 e. The number of anilines is 1. The van der Waals surface area contributed by atoms with Gasteiger partial charge in [0.15, 0.2) is 5.69 Å². The summed E-state index contributed by atoms with van der Waals surface area (Å²) in [4.78, 5) is 15.4. The summed E-state index contributed by atoms with van der Waals surface area (Å²) in [5.74, 6) is -0.825. The Hall–Kier alpha value is -2.84. The van der Waals surface area contributed by atoms with Gasteiger partial charge in [-0.25, -0.2) is 4.68 Å². The Balaban J connectivity index is 0.00000274. The lowest BCUT2D eigenvalue weighted by atomic mass is 9.91. The molecule has 0 atom stereocenters. The molecule has 0 radical (unpaired) electrons. The van der Waals surface area contributed by atoms with Crippen LogP contribution >= 0.6 is 12.4 Å². The van der Waals surface area contributed by atoms with E-state index in [1.165, 1.54) is 37.0 Å². The first-order chi connectivity index (χ1) is 15.9. The molecule has 0 spiro atoms. The van der Waals surface area contributed by atoms with Crippen molar-refractivity contribution >= 4 is 24.0 Å². The van der Waals surface area contributed by atoms with E-state index in [1.54, 1.807) is 24.3 Å². The van der Waals surface area contributed by atoms with Crippen LogP contribution in [0, 0.1) is 0 Å². The molecule has 1 fully saturated rings. The number of fused-ring (bicyclic) bond motifs is 1. The standard InChI is InChI=1S/C25H25F3N4O.ClH/c26-25(27,28)23-22(16-29-32(23)21-5-2-1-3-6-21)24(33)30-19-10-9-17-11-13-31(20-7-4-8-20)14-12-18(17)15-19;/h1-3,5-6,9-10,15-16,20H,4,7-8,11-14H2,(H,30,33);1H. The Morgan fingerprint density at radius 3 is 2.35 bits per heavy atom. The number of carbonyl (C=O) groups is 1. The van der Waals surface area contributed by atoms with Gasteiger partial charge in [0.25, 0.3) is 5.91 Å². The van der Waals surface area contributed by atoms with Gasteiger partial charge in [-0.05, 0) is 61.1 Å². The van der Waals surface area contributed by atoms with E-state index in [9.17, 15) is 18.0 Å². The van der Waals surface area contributed by atoms with Crippen LogP contribution in [0.2, 0.25) is 0 Å². The van der Waals surface area contributed by atoms with Gasteiger partial charge in [0.05, 0.1) is 17.4 Å². The quantitative estimate of drug-likeness (QED) is 0.524. The highest BCUT2D eigenvalue weighted by Gasteiger charge is 2.40. The Morgan fingerprint density at radius 2 is 1.71 bits per heavy atom. The van der Waals surface area contributed by atoms with Crippen molar-refractivity contribution in [2.75, 3.05) is 18.4 Å². The van der Waals surface area contributed by atoms with Gasteiger partial charge in [0.2, 0.25) is 0 Å². The molecule has 9 heteroatoms. The van der Waals surface area contributed by atoms with Gasteiger partial charge in [-0.15, -0.1) is 12.4 Å². The number of nitrogens with one attached hydrogen (secondary N) is 1. The van der Waals surface area contributed by atoms with Crippen LogP contribution in [0.15, 0.2) is 54.7 Å². The highest BCUT2D eigenvalue weighted by atomic mass is 35.5. The number of halogens is 4. The van der Waals surface area contributed by atoms with Crippen LogP contribution in [0.4, 0.5) is 18.9 Å². The van der Waals surface area contributed by atoms with Gasteiger partial charge in [0.1, 0.15) is 0 Å². The molecule has 180 valence electrons. The Morgan fingerprint density at radius 1 is 1.00 bits per heavy atom. The SMILES string of the molecule is Cl.O=C(Nc1ccc2c(c1)CCN(C1CCC1)CC2)c1cnn(-c2ccccc2)c1C(F)(F)F. The van der Waals surface area contributed by atoms with Crippen LogP contribution in [-0.2, 0) is 19.0 Å². The predicted molar refractivity (Wildman–Crippen MR) is 127 cm³/mol. The number of benzene rings is 2. The van der Waals surface area contributed by atoms with E-state index < -0.39 is 23.3 Å². The first kappa shape index (κ1) is 24.3. The van der Waals surface area contributed by atoms with Crippen molar-refractivity contribution < 1.29 is 18.0 Å². The molecule has 34 heavy (non-hydrogen) atoms. The Labute approximate surface area is 202 Å². The Bertz CT molecular complexity index is 1160. The van der Waals surface area contributed by atoms with Gasteiger partial charge in [0, 0.05) is 24.8 Å². The van der Waals surface area contributed by atoms with Crippen molar-refractivity contribution in [3.05, 3.63) is 77.1 Å². The molecule has 1 N–H and O–H groups in total. The zero-order valence-corrected chi connectivity index (χ0v) is 19.3. The third-order valence-electron chi connectivity index (χ3n) is 6.68. The van der Waals surface area contributed by atoms with E-state index in [0.29, 0.717) is 11.7 Å². The summed E-state index contributed by atoms with van der Waals surface area (Å²) in [5, 5.41) is 6.52. The third-order valence-corrected chi connectivity index (χ3v) is 6.68. The minimum atomic E-state index is -4.74. The topological polar surface area (TPSA) is 50.2 Å². The summed E-state index contributed by atoms with van der Waals surface area (Å²) in [7, 11) is 0. The van der Waals surface area contributed by atoms with E-state index in [-0.39, 0.29) is 18.1 Å². The number of amides is 1. The second-order valence-electron chi connectivity index (χ2n) is 8.71. The average molecular weight is 491 g/mol. The molecule has 1 aliphatic carbocycles. The fourth-order valence-electron chi connectivity index (χ4n) is 4.69. The molecule has 2 heterocycles. The van der Waals surface area contributed by atoms with Crippen molar-refractivity contribution in [2.24, 2.45) is 0 Å². The summed E-state index contributed by atoms with van der Waals surface area (Å²) in [6.45, 7) is 1.99. The van der Waals surface area contributed by atoms with Crippen LogP contribution in [0.1, 0.15) is 46.4 Å². The van der Waals surface area contributed by atoms with Crippen LogP contribution in [0.25, 0.3) is 5.69 Å². The lowest BCUT2D eigenvalue weighted by Gasteiger charge is -2.36. The van der Waals surface area contributed by atoms with Crippen LogP contribution in [0.5, 0.6) is 0 Å². The number of carbonyl (C=O) groups excluding carboxylic acids is 1. The lowest BCUT2D eigenvalue weighted by molar-refractivity contribution is -0.143. The lowest BCUT2D eigenvalue weighted by Crippen LogP contribution is -2.41. The summed E-state index contributed by atoms with van der Waals surface area (Å²) in [6.07, 6.45) is 1.87. The molecule has 1 aliphatic heterocycles. The molecule has 5 nitrogen and oxygen atoms in total. The van der Waals surface area contributed by atoms with Gasteiger partial charge in [-0.2, -0.15) is 18.3 Å². The van der Waals surface area contributed by atoms with E-state index >= 15 is 0 Å². The van der Waals surface area contributed by atoms with Crippen molar-refractivity contribution in [1.29, 1.82) is 0 Å². The fraction of sp³-hybridized carbons (Fsp3) is 0.360. The van der Waals surface area contributed by atoms with Crippen LogP contribution < -0.4 is 5.32 Å². The Kier molecular flexibility index (Phi) is 7.00. The third kappa shape index (κ3) is 4.83. The number of hydrogen-bond acceptors (Lipinski definition) is 3. The highest BCUT2D eigenvalue weighted by Crippen LogP contribution is 2.34. The van der Waals surface area contributed by atoms with Crippen LogP contribution in [-0.4, -0.2) is 39.7 Å². The van der Waals surface area contributed by atoms with Crippen molar-refractivity contribution in [1.82, 2.24) is 14.7 Å². The molecule has 0 unspecified atom stereocenters. The highest BCUT2D eigenvalue weighted by molar-refractivity contribution is 6.05. The smallest absolute Gasteiger partial charge is 0.322 e. The molecule has 5 rings (SSSR count). The summed E-state index contributed by atoms with van der Waals surface area (Å²) >= 11 is 0. The second-order valence-corrected chi connectivity index (χ2v) is 8.71.